The van der Waals surface area contributed by atoms with E-state index in [1.54, 1.807) is 14.0 Å². The van der Waals surface area contributed by atoms with Gasteiger partial charge in [0.15, 0.2) is 0 Å². The van der Waals surface area contributed by atoms with Crippen molar-refractivity contribution in [1.29, 1.82) is 0 Å². The van der Waals surface area contributed by atoms with Crippen LogP contribution in [0.15, 0.2) is 73.0 Å². The zero-order valence-corrected chi connectivity index (χ0v) is 21.5. The number of fused-ring (bicyclic) bond motifs is 3. The molecule has 2 aromatic carbocycles. The average molecular weight is 485 g/mol. The third-order valence-electron chi connectivity index (χ3n) is 10.0. The van der Waals surface area contributed by atoms with E-state index in [9.17, 15) is 4.79 Å². The highest BCUT2D eigenvalue weighted by molar-refractivity contribution is 5.68. The lowest BCUT2D eigenvalue weighted by atomic mass is 9.48. The largest absolute Gasteiger partial charge is 0.497 e. The van der Waals surface area contributed by atoms with E-state index >= 15 is 0 Å². The Morgan fingerprint density at radius 3 is 2.72 bits per heavy atom. The number of hydrogen-bond donors (Lipinski definition) is 0. The van der Waals surface area contributed by atoms with E-state index in [-0.39, 0.29) is 22.7 Å². The maximum Gasteiger partial charge on any atom is 0.303 e. The minimum atomic E-state index is -0.614. The van der Waals surface area contributed by atoms with Crippen LogP contribution >= 0.6 is 0 Å². The van der Waals surface area contributed by atoms with Gasteiger partial charge in [0, 0.05) is 23.7 Å². The topological polar surface area (TPSA) is 44.8 Å². The van der Waals surface area contributed by atoms with Crippen molar-refractivity contribution >= 4 is 5.97 Å². The van der Waals surface area contributed by atoms with Crippen LogP contribution in [0.25, 0.3) is 0 Å². The first-order valence-electron chi connectivity index (χ1n) is 13.3. The fraction of sp³-hybridized carbons (Fsp3) is 0.469. The van der Waals surface area contributed by atoms with Crippen molar-refractivity contribution in [3.05, 3.63) is 89.7 Å². The number of ether oxygens (including phenoxy) is 3. The van der Waals surface area contributed by atoms with E-state index in [4.69, 9.17) is 14.2 Å². The Morgan fingerprint density at radius 2 is 1.94 bits per heavy atom. The van der Waals surface area contributed by atoms with Gasteiger partial charge in [-0.3, -0.25) is 4.79 Å². The second-order valence-electron chi connectivity index (χ2n) is 11.4. The molecule has 4 aliphatic carbocycles. The van der Waals surface area contributed by atoms with Gasteiger partial charge in [0.25, 0.3) is 0 Å². The van der Waals surface area contributed by atoms with E-state index in [0.29, 0.717) is 18.4 Å². The van der Waals surface area contributed by atoms with Crippen molar-refractivity contribution < 1.29 is 19.0 Å². The molecule has 0 unspecified atom stereocenters. The van der Waals surface area contributed by atoms with Gasteiger partial charge < -0.3 is 14.2 Å². The lowest BCUT2D eigenvalue weighted by Crippen LogP contribution is -2.54. The zero-order valence-electron chi connectivity index (χ0n) is 21.5. The van der Waals surface area contributed by atoms with Gasteiger partial charge >= 0.3 is 5.97 Å². The molecule has 0 aromatic heterocycles. The molecule has 2 bridgehead atoms. The van der Waals surface area contributed by atoms with Gasteiger partial charge in [-0.25, -0.2) is 0 Å². The molecule has 0 amide bonds. The summed E-state index contributed by atoms with van der Waals surface area (Å²) in [7, 11) is 1.74. The van der Waals surface area contributed by atoms with Crippen LogP contribution < -0.4 is 4.74 Å². The van der Waals surface area contributed by atoms with E-state index in [0.717, 1.165) is 43.4 Å². The molecule has 2 aromatic rings. The van der Waals surface area contributed by atoms with Gasteiger partial charge in [-0.15, -0.1) is 0 Å². The molecule has 0 radical (unpaired) electrons. The number of methoxy groups -OCH3 is 1. The minimum Gasteiger partial charge on any atom is -0.497 e. The van der Waals surface area contributed by atoms with E-state index < -0.39 is 5.60 Å². The monoisotopic (exact) mass is 484 g/mol. The van der Waals surface area contributed by atoms with Crippen LogP contribution in [0, 0.1) is 22.7 Å². The summed E-state index contributed by atoms with van der Waals surface area (Å²) in [6, 6.07) is 16.8. The summed E-state index contributed by atoms with van der Waals surface area (Å²) in [6.45, 7) is 4.47. The standard InChI is InChI=1S/C32H36O4/c1-22(33)36-32-17-16-31(20-25(32)14-18-35-21-23-7-5-4-6-8-23)29-12-9-24-19-26(34-3)10-11-27(24)28(29)13-15-30(31,32)2/h4-8,10-11,14,16-19,25,28-29H,9,12-13,15,20-21H2,1-3H3/b18-14+/t25-,28-,29-,30+,31+,32+/m1/s1. The van der Waals surface area contributed by atoms with E-state index in [1.165, 1.54) is 11.1 Å². The molecular formula is C32H36O4. The third kappa shape index (κ3) is 3.22. The molecule has 4 heteroatoms. The number of allylic oxidation sites excluding steroid dienone is 1. The Balaban J connectivity index is 1.32. The molecule has 4 aliphatic rings. The van der Waals surface area contributed by atoms with Crippen molar-refractivity contribution in [3.63, 3.8) is 0 Å². The predicted octanol–water partition coefficient (Wildman–Crippen LogP) is 6.75. The molecule has 0 heterocycles. The molecule has 36 heavy (non-hydrogen) atoms. The first-order valence-corrected chi connectivity index (χ1v) is 13.3. The minimum absolute atomic E-state index is 0.0113. The molecular weight excluding hydrogens is 448 g/mol. The number of carbonyl (C=O) groups excluding carboxylic acids is 1. The van der Waals surface area contributed by atoms with Gasteiger partial charge in [0.05, 0.1) is 13.4 Å². The Kier molecular flexibility index (Phi) is 5.55. The van der Waals surface area contributed by atoms with Crippen LogP contribution in [0.5, 0.6) is 5.75 Å². The van der Waals surface area contributed by atoms with Gasteiger partial charge in [0.2, 0.25) is 0 Å². The van der Waals surface area contributed by atoms with Crippen LogP contribution in [0.1, 0.15) is 62.1 Å². The molecule has 2 fully saturated rings. The Bertz CT molecular complexity index is 1220. The quantitative estimate of drug-likeness (QED) is 0.258. The van der Waals surface area contributed by atoms with Crippen LogP contribution in [0.2, 0.25) is 0 Å². The maximum absolute atomic E-state index is 12.4. The molecule has 2 saturated carbocycles. The summed E-state index contributed by atoms with van der Waals surface area (Å²) in [5, 5.41) is 0. The zero-order chi connectivity index (χ0) is 25.0. The van der Waals surface area contributed by atoms with Crippen LogP contribution in [-0.4, -0.2) is 18.7 Å². The van der Waals surface area contributed by atoms with Gasteiger partial charge in [0.1, 0.15) is 18.0 Å². The molecule has 0 N–H and O–H groups in total. The van der Waals surface area contributed by atoms with Crippen LogP contribution in [-0.2, 0) is 27.3 Å². The molecule has 6 atom stereocenters. The molecule has 6 rings (SSSR count). The second-order valence-corrected chi connectivity index (χ2v) is 11.4. The number of rotatable bonds is 6. The Hall–Kier alpha value is -3.01. The van der Waals surface area contributed by atoms with Crippen molar-refractivity contribution in [2.24, 2.45) is 22.7 Å². The second kappa shape index (κ2) is 8.54. The highest BCUT2D eigenvalue weighted by Gasteiger charge is 2.76. The highest BCUT2D eigenvalue weighted by Crippen LogP contribution is 2.77. The Labute approximate surface area is 214 Å². The van der Waals surface area contributed by atoms with Gasteiger partial charge in [-0.1, -0.05) is 49.4 Å². The van der Waals surface area contributed by atoms with Crippen molar-refractivity contribution in [2.45, 2.75) is 64.1 Å². The molecule has 4 nitrogen and oxygen atoms in total. The lowest BCUT2D eigenvalue weighted by molar-refractivity contribution is -0.171. The van der Waals surface area contributed by atoms with E-state index in [2.05, 4.69) is 55.5 Å². The summed E-state index contributed by atoms with van der Waals surface area (Å²) >= 11 is 0. The summed E-state index contributed by atoms with van der Waals surface area (Å²) in [4.78, 5) is 12.4. The summed E-state index contributed by atoms with van der Waals surface area (Å²) < 4.78 is 17.8. The summed E-state index contributed by atoms with van der Waals surface area (Å²) in [5.41, 5.74) is 3.35. The third-order valence-corrected chi connectivity index (χ3v) is 10.0. The first kappa shape index (κ1) is 23.4. The average Bonchev–Trinajstić information content (AvgIpc) is 3.26. The normalized spacial score (nSPS) is 35.7. The maximum atomic E-state index is 12.4. The van der Waals surface area contributed by atoms with Gasteiger partial charge in [-0.05, 0) is 84.9 Å². The van der Waals surface area contributed by atoms with E-state index in [1.807, 2.05) is 24.5 Å². The van der Waals surface area contributed by atoms with Crippen LogP contribution in [0.3, 0.4) is 0 Å². The first-order chi connectivity index (χ1) is 17.4. The fourth-order valence-corrected chi connectivity index (χ4v) is 8.43. The number of benzene rings is 2. The summed E-state index contributed by atoms with van der Waals surface area (Å²) in [6.07, 6.45) is 14.1. The van der Waals surface area contributed by atoms with Crippen LogP contribution in [0.4, 0.5) is 0 Å². The van der Waals surface area contributed by atoms with Gasteiger partial charge in [-0.2, -0.15) is 0 Å². The number of hydrogen-bond acceptors (Lipinski definition) is 4. The SMILES string of the molecule is COc1ccc2c(c1)CC[C@@H]1[C@@H]2CC[C@@]2(C)[C@]13C=C[C@]2(OC(C)=O)[C@H](/C=C/OCc1ccccc1)C3. The van der Waals surface area contributed by atoms with Crippen molar-refractivity contribution in [1.82, 2.24) is 0 Å². The number of esters is 1. The van der Waals surface area contributed by atoms with Crippen molar-refractivity contribution in [2.75, 3.05) is 7.11 Å². The molecule has 0 spiro atoms. The Morgan fingerprint density at radius 1 is 1.11 bits per heavy atom. The fourth-order valence-electron chi connectivity index (χ4n) is 8.43. The summed E-state index contributed by atoms with van der Waals surface area (Å²) in [5.74, 6) is 1.91. The molecule has 188 valence electrons. The smallest absolute Gasteiger partial charge is 0.303 e. The predicted molar refractivity (Wildman–Crippen MR) is 139 cm³/mol. The number of aryl methyl sites for hydroxylation is 1. The molecule has 0 aliphatic heterocycles. The highest BCUT2D eigenvalue weighted by atomic mass is 16.6. The molecule has 0 saturated heterocycles. The lowest BCUT2D eigenvalue weighted by Gasteiger charge is -2.56. The number of carbonyl (C=O) groups is 1. The van der Waals surface area contributed by atoms with Crippen molar-refractivity contribution in [3.8, 4) is 5.75 Å².